The van der Waals surface area contributed by atoms with Gasteiger partial charge in [0.15, 0.2) is 5.96 Å². The molecule has 0 spiro atoms. The minimum atomic E-state index is -3.48. The molecule has 2 aromatic rings. The van der Waals surface area contributed by atoms with Gasteiger partial charge in [-0.3, -0.25) is 15.1 Å². The van der Waals surface area contributed by atoms with Crippen LogP contribution < -0.4 is 16.0 Å². The van der Waals surface area contributed by atoms with Crippen molar-refractivity contribution >= 4 is 33.7 Å². The van der Waals surface area contributed by atoms with E-state index in [9.17, 15) is 23.1 Å². The van der Waals surface area contributed by atoms with E-state index in [1.165, 1.54) is 13.3 Å². The van der Waals surface area contributed by atoms with Crippen LogP contribution in [0.15, 0.2) is 30.5 Å². The molecule has 0 radical (unpaired) electrons. The number of nitrogens with one attached hydrogen (secondary N) is 3. The highest BCUT2D eigenvalue weighted by Gasteiger charge is 2.54. The fourth-order valence-corrected chi connectivity index (χ4v) is 8.17. The number of nitrogens with two attached hydrogens (primary N) is 1. The number of H-pyrrole nitrogens is 1. The number of aromatic nitrogens is 2. The van der Waals surface area contributed by atoms with Gasteiger partial charge in [0.05, 0.1) is 30.7 Å². The number of benzene rings is 1. The van der Waals surface area contributed by atoms with Crippen molar-refractivity contribution in [1.82, 2.24) is 25.1 Å². The van der Waals surface area contributed by atoms with Gasteiger partial charge in [0.1, 0.15) is 25.0 Å². The first kappa shape index (κ1) is 29.8. The Bertz CT molecular complexity index is 1430. The fraction of sp³-hybridized carbons (Fsp3) is 0.556. The number of aromatic amines is 1. The third-order valence-corrected chi connectivity index (χ3v) is 11.2. The van der Waals surface area contributed by atoms with E-state index in [1.54, 1.807) is 35.4 Å². The lowest BCUT2D eigenvalue weighted by Crippen LogP contribution is -2.66. The number of carbonyl (C=O) groups is 2. The number of likely N-dealkylation sites (tertiary alicyclic amines) is 2. The maximum absolute atomic E-state index is 14.0. The van der Waals surface area contributed by atoms with Crippen molar-refractivity contribution in [2.45, 2.75) is 31.3 Å². The number of imidazole rings is 1. The van der Waals surface area contributed by atoms with Gasteiger partial charge < -0.3 is 30.9 Å². The van der Waals surface area contributed by atoms with Crippen LogP contribution in [-0.4, -0.2) is 120 Å². The molecule has 5 rings (SSSR count). The van der Waals surface area contributed by atoms with Crippen LogP contribution in [0.3, 0.4) is 0 Å². The van der Waals surface area contributed by atoms with Crippen LogP contribution in [0.25, 0.3) is 11.3 Å². The molecular weight excluding hydrogens is 562 g/mol. The second kappa shape index (κ2) is 11.5. The van der Waals surface area contributed by atoms with E-state index in [0.717, 1.165) is 10.5 Å². The Balaban J connectivity index is 1.44. The Morgan fingerprint density at radius 1 is 1.17 bits per heavy atom. The molecule has 2 amide bonds. The Morgan fingerprint density at radius 2 is 1.81 bits per heavy atom. The molecular formula is C27H40N9O5S+. The van der Waals surface area contributed by atoms with Gasteiger partial charge in [-0.05, 0) is 30.5 Å². The van der Waals surface area contributed by atoms with E-state index in [2.05, 4.69) is 15.3 Å². The summed E-state index contributed by atoms with van der Waals surface area (Å²) in [4.78, 5) is 38.1. The third-order valence-electron chi connectivity index (χ3n) is 9.17. The summed E-state index contributed by atoms with van der Waals surface area (Å²) < 4.78 is 26.5. The van der Waals surface area contributed by atoms with Crippen molar-refractivity contribution in [2.24, 2.45) is 11.7 Å². The average molecular weight is 603 g/mol. The number of sulfonamides is 1. The molecule has 0 aliphatic carbocycles. The number of piperidine rings is 1. The lowest BCUT2D eigenvalue weighted by atomic mass is 9.95. The second-order valence-corrected chi connectivity index (χ2v) is 13.7. The summed E-state index contributed by atoms with van der Waals surface area (Å²) in [6.07, 6.45) is 3.54. The first-order valence-electron chi connectivity index (χ1n) is 14.2. The zero-order chi connectivity index (χ0) is 30.2. The Labute approximate surface area is 245 Å². The number of carbonyl (C=O) groups excluding carboxylic acids is 1. The van der Waals surface area contributed by atoms with Crippen LogP contribution in [0, 0.1) is 11.3 Å². The lowest BCUT2D eigenvalue weighted by molar-refractivity contribution is -0.833. The summed E-state index contributed by atoms with van der Waals surface area (Å²) in [6, 6.07) is 6.31. The zero-order valence-electron chi connectivity index (χ0n) is 24.0. The number of piperazine rings is 1. The van der Waals surface area contributed by atoms with E-state index in [0.29, 0.717) is 82.3 Å². The highest BCUT2D eigenvalue weighted by atomic mass is 32.2. The number of guanidine groups is 1. The van der Waals surface area contributed by atoms with Gasteiger partial charge in [-0.25, -0.2) is 13.7 Å². The number of carboxylic acid groups (broad SMARTS) is 1. The van der Waals surface area contributed by atoms with E-state index in [-0.39, 0.29) is 27.7 Å². The van der Waals surface area contributed by atoms with Gasteiger partial charge in [-0.15, -0.1) is 0 Å². The molecule has 0 saturated carbocycles. The SMILES string of the molecule is CN(C(=O)O)c1ccc(-c2cnc([C@@H]3C[C@H]([N+]4(S(C)(=O)=O)CCNCC4)CN3C(=O)C3CCN(C(=N)N)CC3)[nH]2)cc1. The van der Waals surface area contributed by atoms with Gasteiger partial charge in [0.2, 0.25) is 5.91 Å². The number of hydrogen-bond donors (Lipinski definition) is 5. The topological polar surface area (TPSA) is 189 Å². The molecule has 0 unspecified atom stereocenters. The first-order valence-corrected chi connectivity index (χ1v) is 16.0. The number of nitrogens with zero attached hydrogens (tertiary/aromatic N) is 5. The number of amides is 2. The van der Waals surface area contributed by atoms with Gasteiger partial charge >= 0.3 is 6.09 Å². The lowest BCUT2D eigenvalue weighted by Gasteiger charge is -2.43. The van der Waals surface area contributed by atoms with Crippen molar-refractivity contribution in [1.29, 1.82) is 5.41 Å². The van der Waals surface area contributed by atoms with Gasteiger partial charge in [0, 0.05) is 51.3 Å². The zero-order valence-corrected chi connectivity index (χ0v) is 24.8. The Morgan fingerprint density at radius 3 is 2.38 bits per heavy atom. The predicted molar refractivity (Wildman–Crippen MR) is 157 cm³/mol. The molecule has 4 heterocycles. The highest BCUT2D eigenvalue weighted by Crippen LogP contribution is 2.40. The Hall–Kier alpha value is -3.69. The van der Waals surface area contributed by atoms with Crippen molar-refractivity contribution in [3.63, 3.8) is 0 Å². The van der Waals surface area contributed by atoms with Crippen LogP contribution in [0.2, 0.25) is 0 Å². The summed E-state index contributed by atoms with van der Waals surface area (Å²) in [6.45, 7) is 3.43. The highest BCUT2D eigenvalue weighted by molar-refractivity contribution is 7.85. The summed E-state index contributed by atoms with van der Waals surface area (Å²) in [5.41, 5.74) is 7.72. The maximum atomic E-state index is 14.0. The summed E-state index contributed by atoms with van der Waals surface area (Å²) in [7, 11) is -2.01. The van der Waals surface area contributed by atoms with E-state index >= 15 is 0 Å². The maximum Gasteiger partial charge on any atom is 0.411 e. The van der Waals surface area contributed by atoms with Crippen molar-refractivity contribution in [2.75, 3.05) is 64.0 Å². The fourth-order valence-electron chi connectivity index (χ4n) is 6.63. The van der Waals surface area contributed by atoms with Crippen LogP contribution in [0.1, 0.15) is 31.1 Å². The Kier molecular flexibility index (Phi) is 8.18. The number of rotatable bonds is 6. The van der Waals surface area contributed by atoms with Crippen molar-refractivity contribution in [3.05, 3.63) is 36.3 Å². The van der Waals surface area contributed by atoms with Crippen molar-refractivity contribution < 1.29 is 27.0 Å². The van der Waals surface area contributed by atoms with Crippen LogP contribution >= 0.6 is 0 Å². The molecule has 2 atom stereocenters. The molecule has 6 N–H and O–H groups in total. The minimum Gasteiger partial charge on any atom is -0.465 e. The van der Waals surface area contributed by atoms with E-state index < -0.39 is 22.2 Å². The van der Waals surface area contributed by atoms with Gasteiger partial charge in [-0.2, -0.15) is 8.42 Å². The van der Waals surface area contributed by atoms with Crippen molar-refractivity contribution in [3.8, 4) is 11.3 Å². The predicted octanol–water partition coefficient (Wildman–Crippen LogP) is 0.818. The van der Waals surface area contributed by atoms with Gasteiger partial charge in [0.25, 0.3) is 10.0 Å². The normalized spacial score (nSPS) is 23.1. The van der Waals surface area contributed by atoms with Crippen LogP contribution in [-0.2, 0) is 14.8 Å². The first-order chi connectivity index (χ1) is 19.9. The molecule has 0 bridgehead atoms. The third kappa shape index (κ3) is 5.55. The van der Waals surface area contributed by atoms with Gasteiger partial charge in [-0.1, -0.05) is 12.1 Å². The van der Waals surface area contributed by atoms with Crippen LogP contribution in [0.4, 0.5) is 10.5 Å². The molecule has 42 heavy (non-hydrogen) atoms. The quantitative estimate of drug-likeness (QED) is 0.181. The second-order valence-electron chi connectivity index (χ2n) is 11.5. The standard InChI is InChI=1S/C27H39N9O5S/c1-33(27(38)39)20-5-3-18(4-6-20)22-16-31-24(32-22)23-15-21(36(42(2,40)41)13-9-30-10-14-36)17-35(23)25(37)19-7-11-34(12-8-19)26(28)29/h3-6,16,19,21,23,30H,7-15,17H2,1-2H3,(H4-,28,29,31,32,38,39)/p+1/t21-,23-/m0/s1. The molecule has 15 heteroatoms. The van der Waals surface area contributed by atoms with Crippen LogP contribution in [0.5, 0.6) is 0 Å². The molecule has 1 aromatic heterocycles. The van der Waals surface area contributed by atoms with E-state index in [4.69, 9.17) is 11.1 Å². The monoisotopic (exact) mass is 602 g/mol. The summed E-state index contributed by atoms with van der Waals surface area (Å²) in [5, 5.41) is 20.2. The smallest absolute Gasteiger partial charge is 0.411 e. The minimum absolute atomic E-state index is 0.00377. The molecule has 3 saturated heterocycles. The number of hydrogen-bond acceptors (Lipinski definition) is 7. The molecule has 3 aliphatic rings. The number of quaternary nitrogens is 1. The largest absolute Gasteiger partial charge is 0.465 e. The molecule has 3 fully saturated rings. The number of anilines is 1. The molecule has 1 aromatic carbocycles. The van der Waals surface area contributed by atoms with E-state index in [1.807, 2.05) is 4.90 Å². The summed E-state index contributed by atoms with van der Waals surface area (Å²) in [5.74, 6) is 0.330. The molecule has 3 aliphatic heterocycles. The average Bonchev–Trinajstić information content (AvgIpc) is 3.64. The summed E-state index contributed by atoms with van der Waals surface area (Å²) >= 11 is 0. The molecule has 228 valence electrons. The molecule has 14 nitrogen and oxygen atoms in total.